The first-order valence-electron chi connectivity index (χ1n) is 12.8. The Hall–Kier alpha value is -3.43. The molecule has 0 atom stereocenters. The number of aromatic nitrogens is 2. The summed E-state index contributed by atoms with van der Waals surface area (Å²) in [6.07, 6.45) is 0. The summed E-state index contributed by atoms with van der Waals surface area (Å²) in [6.45, 7) is 9.60. The minimum Gasteiger partial charge on any atom is -0.493 e. The van der Waals surface area contributed by atoms with Crippen molar-refractivity contribution in [2.75, 3.05) is 81.9 Å². The van der Waals surface area contributed by atoms with Crippen LogP contribution in [0.2, 0.25) is 0 Å². The van der Waals surface area contributed by atoms with E-state index in [0.717, 1.165) is 55.1 Å². The maximum Gasteiger partial charge on any atom is 0.258 e. The van der Waals surface area contributed by atoms with E-state index in [1.807, 2.05) is 60.4 Å². The lowest BCUT2D eigenvalue weighted by molar-refractivity contribution is 0.0744. The third-order valence-electron chi connectivity index (χ3n) is 7.04. The maximum atomic E-state index is 13.6. The van der Waals surface area contributed by atoms with Crippen molar-refractivity contribution in [3.05, 3.63) is 54.1 Å². The molecule has 1 aromatic heterocycles. The second kappa shape index (κ2) is 11.1. The highest BCUT2D eigenvalue weighted by atomic mass is 16.5. The lowest BCUT2D eigenvalue weighted by Crippen LogP contribution is -2.49. The molecule has 2 fully saturated rings. The van der Waals surface area contributed by atoms with Crippen molar-refractivity contribution in [3.63, 3.8) is 0 Å². The molecule has 3 aromatic rings. The predicted octanol–water partition coefficient (Wildman–Crippen LogP) is 2.11. The van der Waals surface area contributed by atoms with E-state index in [1.165, 1.54) is 0 Å². The van der Waals surface area contributed by atoms with Crippen LogP contribution in [0, 0.1) is 0 Å². The highest BCUT2D eigenvalue weighted by Gasteiger charge is 2.27. The lowest BCUT2D eigenvalue weighted by atomic mass is 10.0. The van der Waals surface area contributed by atoms with Crippen molar-refractivity contribution in [2.24, 2.45) is 0 Å². The van der Waals surface area contributed by atoms with Gasteiger partial charge in [0, 0.05) is 58.9 Å². The number of anilines is 2. The second-order valence-electron chi connectivity index (χ2n) is 9.17. The van der Waals surface area contributed by atoms with Gasteiger partial charge in [0.2, 0.25) is 0 Å². The Morgan fingerprint density at radius 2 is 1.50 bits per heavy atom. The fourth-order valence-electron chi connectivity index (χ4n) is 5.04. The topological polar surface area (TPSA) is 85.3 Å². The minimum absolute atomic E-state index is 0.0108. The summed E-state index contributed by atoms with van der Waals surface area (Å²) < 4.78 is 5.83. The number of rotatable bonds is 7. The van der Waals surface area contributed by atoms with Gasteiger partial charge in [-0.2, -0.15) is 0 Å². The Labute approximate surface area is 211 Å². The maximum absolute atomic E-state index is 13.6. The Bertz CT molecular complexity index is 1170. The third-order valence-corrected chi connectivity index (χ3v) is 7.04. The van der Waals surface area contributed by atoms with Crippen molar-refractivity contribution in [1.29, 1.82) is 0 Å². The van der Waals surface area contributed by atoms with Crippen molar-refractivity contribution in [1.82, 2.24) is 20.0 Å². The van der Waals surface area contributed by atoms with Gasteiger partial charge in [-0.25, -0.2) is 0 Å². The Morgan fingerprint density at radius 3 is 2.11 bits per heavy atom. The minimum atomic E-state index is 0.0108. The van der Waals surface area contributed by atoms with Crippen LogP contribution in [-0.2, 0) is 0 Å². The van der Waals surface area contributed by atoms with Crippen LogP contribution in [-0.4, -0.2) is 103 Å². The summed E-state index contributed by atoms with van der Waals surface area (Å²) in [5.41, 5.74) is 0.645. The van der Waals surface area contributed by atoms with E-state index in [9.17, 15) is 4.79 Å². The van der Waals surface area contributed by atoms with Gasteiger partial charge >= 0.3 is 0 Å². The molecule has 0 aliphatic carbocycles. The number of fused-ring (bicyclic) bond motifs is 1. The Balaban J connectivity index is 1.23. The molecule has 2 aliphatic heterocycles. The highest BCUT2D eigenvalue weighted by Crippen LogP contribution is 2.30. The number of carbonyl (C=O) groups is 1. The van der Waals surface area contributed by atoms with E-state index in [1.54, 1.807) is 0 Å². The van der Waals surface area contributed by atoms with Gasteiger partial charge in [-0.1, -0.05) is 30.3 Å². The van der Waals surface area contributed by atoms with E-state index in [4.69, 9.17) is 9.84 Å². The first-order chi connectivity index (χ1) is 17.7. The number of hydrogen-bond donors (Lipinski definition) is 1. The molecule has 0 radical (unpaired) electrons. The molecule has 2 aliphatic rings. The van der Waals surface area contributed by atoms with E-state index in [0.29, 0.717) is 44.1 Å². The number of hydrogen-bond acceptors (Lipinski definition) is 8. The molecular weight excluding hydrogens is 456 g/mol. The summed E-state index contributed by atoms with van der Waals surface area (Å²) in [7, 11) is 0. The van der Waals surface area contributed by atoms with E-state index >= 15 is 0 Å². The van der Waals surface area contributed by atoms with Crippen LogP contribution in [0.25, 0.3) is 10.8 Å². The molecule has 0 spiro atoms. The van der Waals surface area contributed by atoms with Crippen LogP contribution < -0.4 is 14.5 Å². The molecule has 2 aromatic carbocycles. The molecule has 0 bridgehead atoms. The second-order valence-corrected chi connectivity index (χ2v) is 9.17. The van der Waals surface area contributed by atoms with Crippen molar-refractivity contribution < 1.29 is 14.6 Å². The number of piperazine rings is 2. The summed E-state index contributed by atoms with van der Waals surface area (Å²) in [5.74, 6) is 2.37. The van der Waals surface area contributed by atoms with Crippen LogP contribution in [0.5, 0.6) is 5.75 Å². The zero-order chi connectivity index (χ0) is 24.9. The van der Waals surface area contributed by atoms with E-state index in [-0.39, 0.29) is 12.5 Å². The van der Waals surface area contributed by atoms with Gasteiger partial charge in [0.05, 0.1) is 18.8 Å². The average molecular weight is 491 g/mol. The standard InChI is InChI=1S/C27H34N6O3/c1-2-36-23-8-7-21-5-3-4-6-22(21)26(23)27(35)33-17-15-32(16-18-33)25-10-9-24(28-29-25)31-13-11-30(12-14-31)19-20-34/h3-10,34H,2,11-20H2,1H3. The fourth-order valence-corrected chi connectivity index (χ4v) is 5.04. The average Bonchev–Trinajstić information content (AvgIpc) is 2.93. The monoisotopic (exact) mass is 490 g/mol. The van der Waals surface area contributed by atoms with Gasteiger partial charge in [0.15, 0.2) is 11.6 Å². The van der Waals surface area contributed by atoms with Crippen LogP contribution >= 0.6 is 0 Å². The summed E-state index contributed by atoms with van der Waals surface area (Å²) >= 11 is 0. The zero-order valence-electron chi connectivity index (χ0n) is 20.8. The molecule has 2 saturated heterocycles. The van der Waals surface area contributed by atoms with Gasteiger partial charge in [0.1, 0.15) is 5.75 Å². The molecule has 9 heteroatoms. The number of amides is 1. The summed E-state index contributed by atoms with van der Waals surface area (Å²) in [4.78, 5) is 22.2. The largest absolute Gasteiger partial charge is 0.493 e. The smallest absolute Gasteiger partial charge is 0.258 e. The number of β-amino-alcohol motifs (C(OH)–C–C–N with tert-alkyl or cyclic N) is 1. The molecule has 1 N–H and O–H groups in total. The first-order valence-corrected chi connectivity index (χ1v) is 12.8. The van der Waals surface area contributed by atoms with Crippen molar-refractivity contribution in [2.45, 2.75) is 6.92 Å². The number of benzene rings is 2. The van der Waals surface area contributed by atoms with Gasteiger partial charge in [0.25, 0.3) is 5.91 Å². The fraction of sp³-hybridized carbons (Fsp3) is 0.444. The highest BCUT2D eigenvalue weighted by molar-refractivity contribution is 6.09. The summed E-state index contributed by atoms with van der Waals surface area (Å²) in [6, 6.07) is 15.9. The zero-order valence-corrected chi connectivity index (χ0v) is 20.8. The first kappa shape index (κ1) is 24.3. The van der Waals surface area contributed by atoms with Gasteiger partial charge < -0.3 is 24.5 Å². The SMILES string of the molecule is CCOc1ccc2ccccc2c1C(=O)N1CCN(c2ccc(N3CCN(CCO)CC3)nn2)CC1. The molecule has 0 unspecified atom stereocenters. The molecule has 3 heterocycles. The van der Waals surface area contributed by atoms with E-state index in [2.05, 4.69) is 24.9 Å². The molecular formula is C27H34N6O3. The van der Waals surface area contributed by atoms with Gasteiger partial charge in [-0.3, -0.25) is 9.69 Å². The molecule has 190 valence electrons. The quantitative estimate of drug-likeness (QED) is 0.539. The normalized spacial score (nSPS) is 17.0. The summed E-state index contributed by atoms with van der Waals surface area (Å²) in [5, 5.41) is 20.1. The molecule has 0 saturated carbocycles. The van der Waals surface area contributed by atoms with Crippen LogP contribution in [0.4, 0.5) is 11.6 Å². The van der Waals surface area contributed by atoms with Gasteiger partial charge in [-0.05, 0) is 35.9 Å². The Morgan fingerprint density at radius 1 is 0.861 bits per heavy atom. The van der Waals surface area contributed by atoms with Crippen molar-refractivity contribution >= 4 is 28.3 Å². The molecule has 36 heavy (non-hydrogen) atoms. The number of aliphatic hydroxyl groups is 1. The molecule has 5 rings (SSSR count). The number of nitrogens with zero attached hydrogens (tertiary/aromatic N) is 6. The predicted molar refractivity (Wildman–Crippen MR) is 141 cm³/mol. The molecule has 1 amide bonds. The number of aliphatic hydroxyl groups excluding tert-OH is 1. The third kappa shape index (κ3) is 5.08. The van der Waals surface area contributed by atoms with Crippen LogP contribution in [0.1, 0.15) is 17.3 Å². The van der Waals surface area contributed by atoms with Crippen LogP contribution in [0.3, 0.4) is 0 Å². The van der Waals surface area contributed by atoms with Crippen molar-refractivity contribution in [3.8, 4) is 5.75 Å². The molecule has 9 nitrogen and oxygen atoms in total. The van der Waals surface area contributed by atoms with Gasteiger partial charge in [-0.15, -0.1) is 10.2 Å². The van der Waals surface area contributed by atoms with E-state index < -0.39 is 0 Å². The Kier molecular flexibility index (Phi) is 7.48. The lowest BCUT2D eigenvalue weighted by Gasteiger charge is -2.36. The number of carbonyl (C=O) groups excluding carboxylic acids is 1. The number of ether oxygens (including phenoxy) is 1. The van der Waals surface area contributed by atoms with Crippen LogP contribution in [0.15, 0.2) is 48.5 Å².